The molecule has 0 spiro atoms. The van der Waals surface area contributed by atoms with E-state index in [2.05, 4.69) is 0 Å². The lowest BCUT2D eigenvalue weighted by atomic mass is 10.3. The van der Waals surface area contributed by atoms with Crippen LogP contribution in [-0.4, -0.2) is 29.8 Å². The number of aliphatic hydroxyl groups excluding tert-OH is 1. The predicted octanol–water partition coefficient (Wildman–Crippen LogP) is 2.44. The van der Waals surface area contributed by atoms with Crippen molar-refractivity contribution in [3.63, 3.8) is 0 Å². The molecule has 0 amide bonds. The van der Waals surface area contributed by atoms with Crippen LogP contribution in [0.5, 0.6) is 5.75 Å². The van der Waals surface area contributed by atoms with Crippen LogP contribution in [-0.2, 0) is 0 Å². The van der Waals surface area contributed by atoms with Crippen LogP contribution in [0, 0.1) is 0 Å². The number of hydrogen-bond donors (Lipinski definition) is 1. The molecule has 0 aliphatic carbocycles. The van der Waals surface area contributed by atoms with Crippen LogP contribution in [0.3, 0.4) is 0 Å². The quantitative estimate of drug-likeness (QED) is 0.764. The SMILES string of the molecule is OCCSCCOc1ccccc1Cl. The van der Waals surface area contributed by atoms with Gasteiger partial charge in [0.05, 0.1) is 18.2 Å². The van der Waals surface area contributed by atoms with Crippen LogP contribution in [0.2, 0.25) is 5.02 Å². The van der Waals surface area contributed by atoms with Crippen molar-refractivity contribution in [1.29, 1.82) is 0 Å². The molecule has 1 rings (SSSR count). The Morgan fingerprint density at radius 3 is 2.79 bits per heavy atom. The molecule has 0 atom stereocenters. The molecule has 0 aliphatic heterocycles. The standard InChI is InChI=1S/C10H13ClO2S/c11-9-3-1-2-4-10(9)13-6-8-14-7-5-12/h1-4,12H,5-8H2. The molecule has 0 radical (unpaired) electrons. The lowest BCUT2D eigenvalue weighted by molar-refractivity contribution is 0.321. The first kappa shape index (κ1) is 11.7. The van der Waals surface area contributed by atoms with Gasteiger partial charge in [-0.2, -0.15) is 11.8 Å². The lowest BCUT2D eigenvalue weighted by Crippen LogP contribution is -2.01. The maximum absolute atomic E-state index is 8.54. The molecule has 0 saturated heterocycles. The Bertz CT molecular complexity index is 268. The highest BCUT2D eigenvalue weighted by molar-refractivity contribution is 7.99. The fourth-order valence-corrected chi connectivity index (χ4v) is 1.66. The van der Waals surface area contributed by atoms with Gasteiger partial charge < -0.3 is 9.84 Å². The van der Waals surface area contributed by atoms with E-state index in [0.717, 1.165) is 17.3 Å². The molecule has 78 valence electrons. The number of hydrogen-bond acceptors (Lipinski definition) is 3. The van der Waals surface area contributed by atoms with Crippen molar-refractivity contribution in [3.8, 4) is 5.75 Å². The molecule has 1 aromatic rings. The summed E-state index contributed by atoms with van der Waals surface area (Å²) in [5.74, 6) is 2.34. The van der Waals surface area contributed by atoms with Gasteiger partial charge in [-0.05, 0) is 12.1 Å². The smallest absolute Gasteiger partial charge is 0.137 e. The Hall–Kier alpha value is -0.380. The number of halogens is 1. The van der Waals surface area contributed by atoms with Crippen molar-refractivity contribution in [3.05, 3.63) is 29.3 Å². The number of benzene rings is 1. The summed E-state index contributed by atoms with van der Waals surface area (Å²) in [5.41, 5.74) is 0. The van der Waals surface area contributed by atoms with Gasteiger partial charge in [-0.15, -0.1) is 0 Å². The number of ether oxygens (including phenoxy) is 1. The van der Waals surface area contributed by atoms with E-state index in [-0.39, 0.29) is 6.61 Å². The summed E-state index contributed by atoms with van der Waals surface area (Å²) in [6.07, 6.45) is 0. The maximum atomic E-state index is 8.54. The van der Waals surface area contributed by atoms with E-state index < -0.39 is 0 Å². The van der Waals surface area contributed by atoms with Crippen LogP contribution in [0.4, 0.5) is 0 Å². The Morgan fingerprint density at radius 1 is 1.29 bits per heavy atom. The minimum Gasteiger partial charge on any atom is -0.491 e. The average Bonchev–Trinajstić information content (AvgIpc) is 2.20. The van der Waals surface area contributed by atoms with Gasteiger partial charge in [-0.25, -0.2) is 0 Å². The average molecular weight is 233 g/mol. The van der Waals surface area contributed by atoms with Crippen LogP contribution in [0.15, 0.2) is 24.3 Å². The molecule has 2 nitrogen and oxygen atoms in total. The van der Waals surface area contributed by atoms with Crippen molar-refractivity contribution < 1.29 is 9.84 Å². The first-order valence-corrected chi connectivity index (χ1v) is 5.94. The number of aliphatic hydroxyl groups is 1. The van der Waals surface area contributed by atoms with E-state index in [1.165, 1.54) is 0 Å². The molecule has 0 unspecified atom stereocenters. The van der Waals surface area contributed by atoms with Crippen molar-refractivity contribution in [2.24, 2.45) is 0 Å². The van der Waals surface area contributed by atoms with Gasteiger partial charge >= 0.3 is 0 Å². The highest BCUT2D eigenvalue weighted by Gasteiger charge is 1.98. The van der Waals surface area contributed by atoms with Gasteiger partial charge in [0, 0.05) is 11.5 Å². The zero-order valence-electron chi connectivity index (χ0n) is 7.78. The molecular weight excluding hydrogens is 220 g/mol. The third-order valence-corrected chi connectivity index (χ3v) is 2.80. The minimum atomic E-state index is 0.219. The molecule has 14 heavy (non-hydrogen) atoms. The van der Waals surface area contributed by atoms with E-state index >= 15 is 0 Å². The van der Waals surface area contributed by atoms with E-state index in [1.807, 2.05) is 18.2 Å². The van der Waals surface area contributed by atoms with Crippen molar-refractivity contribution in [2.75, 3.05) is 24.7 Å². The maximum Gasteiger partial charge on any atom is 0.137 e. The molecule has 1 aromatic carbocycles. The molecule has 4 heteroatoms. The normalized spacial score (nSPS) is 10.1. The summed E-state index contributed by atoms with van der Waals surface area (Å²) in [5, 5.41) is 9.18. The van der Waals surface area contributed by atoms with E-state index in [0.29, 0.717) is 11.6 Å². The summed E-state index contributed by atoms with van der Waals surface area (Å²) < 4.78 is 5.45. The van der Waals surface area contributed by atoms with Gasteiger partial charge in [-0.3, -0.25) is 0 Å². The van der Waals surface area contributed by atoms with E-state index in [1.54, 1.807) is 17.8 Å². The summed E-state index contributed by atoms with van der Waals surface area (Å²) in [4.78, 5) is 0. The third kappa shape index (κ3) is 4.22. The van der Waals surface area contributed by atoms with Crippen molar-refractivity contribution in [2.45, 2.75) is 0 Å². The molecular formula is C10H13ClO2S. The minimum absolute atomic E-state index is 0.219. The molecule has 1 N–H and O–H groups in total. The Morgan fingerprint density at radius 2 is 2.07 bits per heavy atom. The highest BCUT2D eigenvalue weighted by Crippen LogP contribution is 2.23. The van der Waals surface area contributed by atoms with Gasteiger partial charge in [0.15, 0.2) is 0 Å². The monoisotopic (exact) mass is 232 g/mol. The molecule has 0 aliphatic rings. The Kier molecular flexibility index (Phi) is 5.83. The molecule has 0 bridgehead atoms. The van der Waals surface area contributed by atoms with Crippen molar-refractivity contribution in [1.82, 2.24) is 0 Å². The van der Waals surface area contributed by atoms with E-state index in [9.17, 15) is 0 Å². The second kappa shape index (κ2) is 6.98. The van der Waals surface area contributed by atoms with E-state index in [4.69, 9.17) is 21.4 Å². The second-order valence-electron chi connectivity index (χ2n) is 2.61. The molecule has 0 heterocycles. The number of rotatable bonds is 6. The zero-order valence-corrected chi connectivity index (χ0v) is 9.35. The first-order chi connectivity index (χ1) is 6.84. The Labute approximate surface area is 93.2 Å². The van der Waals surface area contributed by atoms with Gasteiger partial charge in [0.1, 0.15) is 5.75 Å². The molecule has 0 saturated carbocycles. The molecule has 0 aromatic heterocycles. The predicted molar refractivity (Wildman–Crippen MR) is 61.4 cm³/mol. The van der Waals surface area contributed by atoms with Crippen LogP contribution in [0.25, 0.3) is 0 Å². The summed E-state index contributed by atoms with van der Waals surface area (Å²) in [7, 11) is 0. The summed E-state index contributed by atoms with van der Waals surface area (Å²) in [6, 6.07) is 7.41. The second-order valence-corrected chi connectivity index (χ2v) is 4.25. The van der Waals surface area contributed by atoms with Gasteiger partial charge in [-0.1, -0.05) is 23.7 Å². The topological polar surface area (TPSA) is 29.5 Å². The highest BCUT2D eigenvalue weighted by atomic mass is 35.5. The van der Waals surface area contributed by atoms with Crippen LogP contribution < -0.4 is 4.74 Å². The summed E-state index contributed by atoms with van der Waals surface area (Å²) >= 11 is 7.55. The largest absolute Gasteiger partial charge is 0.491 e. The van der Waals surface area contributed by atoms with Crippen LogP contribution >= 0.6 is 23.4 Å². The molecule has 0 fully saturated rings. The summed E-state index contributed by atoms with van der Waals surface area (Å²) in [6.45, 7) is 0.838. The van der Waals surface area contributed by atoms with Gasteiger partial charge in [0.2, 0.25) is 0 Å². The first-order valence-electron chi connectivity index (χ1n) is 4.40. The third-order valence-electron chi connectivity index (χ3n) is 1.56. The lowest BCUT2D eigenvalue weighted by Gasteiger charge is -2.06. The fraction of sp³-hybridized carbons (Fsp3) is 0.400. The fourth-order valence-electron chi connectivity index (χ4n) is 0.939. The van der Waals surface area contributed by atoms with Crippen molar-refractivity contribution >= 4 is 23.4 Å². The number of thioether (sulfide) groups is 1. The van der Waals surface area contributed by atoms with Gasteiger partial charge in [0.25, 0.3) is 0 Å². The number of para-hydroxylation sites is 1. The van der Waals surface area contributed by atoms with Crippen LogP contribution in [0.1, 0.15) is 0 Å². The Balaban J connectivity index is 2.21. The zero-order chi connectivity index (χ0) is 10.2.